The zero-order valence-electron chi connectivity index (χ0n) is 19.4. The lowest BCUT2D eigenvalue weighted by Crippen LogP contribution is -2.18. The van der Waals surface area contributed by atoms with E-state index in [9.17, 15) is 9.90 Å². The van der Waals surface area contributed by atoms with Crippen molar-refractivity contribution in [2.75, 3.05) is 6.61 Å². The molecule has 172 valence electrons. The smallest absolute Gasteiger partial charge is 0.339 e. The number of carbonyl (C=O) groups is 1. The molecule has 0 bridgehead atoms. The van der Waals surface area contributed by atoms with Crippen LogP contribution in [0.1, 0.15) is 41.1 Å². The number of aliphatic hydroxyl groups excluding tert-OH is 1. The van der Waals surface area contributed by atoms with Crippen molar-refractivity contribution in [1.29, 1.82) is 0 Å². The van der Waals surface area contributed by atoms with Crippen molar-refractivity contribution in [3.63, 3.8) is 0 Å². The topological polar surface area (TPSA) is 82.2 Å². The molecule has 7 nitrogen and oxygen atoms in total. The summed E-state index contributed by atoms with van der Waals surface area (Å²) in [5, 5.41) is 16.8. The molecule has 0 unspecified atom stereocenters. The van der Waals surface area contributed by atoms with Gasteiger partial charge in [0.25, 0.3) is 0 Å². The minimum atomic E-state index is -1.45. The van der Waals surface area contributed by atoms with Crippen LogP contribution in [0.3, 0.4) is 0 Å². The van der Waals surface area contributed by atoms with Crippen LogP contribution in [0.4, 0.5) is 0 Å². The van der Waals surface area contributed by atoms with E-state index in [2.05, 4.69) is 16.6 Å². The number of aromatic nitrogens is 4. The van der Waals surface area contributed by atoms with Crippen molar-refractivity contribution in [1.82, 2.24) is 19.3 Å². The zero-order chi connectivity index (χ0) is 23.9. The van der Waals surface area contributed by atoms with Gasteiger partial charge in [-0.3, -0.25) is 4.68 Å². The maximum absolute atomic E-state index is 12.5. The number of aryl methyl sites for hydroxylation is 3. The third-order valence-corrected chi connectivity index (χ3v) is 6.25. The van der Waals surface area contributed by atoms with E-state index in [1.165, 1.54) is 0 Å². The number of nitrogens with zero attached hydrogens (tertiary/aromatic N) is 4. The molecule has 33 heavy (non-hydrogen) atoms. The summed E-state index contributed by atoms with van der Waals surface area (Å²) < 4.78 is 9.04. The SMILES string of the molecule is CCOC(=O)[C@@H](O)c1c(C)nc2c(c(C)c(C)n2Cc2cnn(C)c2)c1-c1ccc(Cl)cc1. The van der Waals surface area contributed by atoms with Gasteiger partial charge in [0.15, 0.2) is 6.10 Å². The first-order valence-electron chi connectivity index (χ1n) is 10.8. The van der Waals surface area contributed by atoms with Crippen LogP contribution >= 0.6 is 11.6 Å². The van der Waals surface area contributed by atoms with Gasteiger partial charge in [-0.1, -0.05) is 23.7 Å². The molecular formula is C25H27ClN4O3. The number of aliphatic hydroxyl groups is 1. The van der Waals surface area contributed by atoms with Crippen molar-refractivity contribution < 1.29 is 14.6 Å². The molecule has 4 aromatic rings. The predicted octanol–water partition coefficient (Wildman–Crippen LogP) is 4.66. The Kier molecular flexibility index (Phi) is 6.28. The largest absolute Gasteiger partial charge is 0.464 e. The number of ether oxygens (including phenoxy) is 1. The Morgan fingerprint density at radius 3 is 2.52 bits per heavy atom. The van der Waals surface area contributed by atoms with Crippen LogP contribution < -0.4 is 0 Å². The molecule has 0 radical (unpaired) electrons. The van der Waals surface area contributed by atoms with Gasteiger partial charge in [-0.2, -0.15) is 5.10 Å². The first-order valence-corrected chi connectivity index (χ1v) is 11.2. The van der Waals surface area contributed by atoms with Crippen molar-refractivity contribution in [3.05, 3.63) is 69.8 Å². The molecule has 3 aromatic heterocycles. The molecule has 1 N–H and O–H groups in total. The van der Waals surface area contributed by atoms with Crippen molar-refractivity contribution in [2.45, 2.75) is 40.3 Å². The van der Waals surface area contributed by atoms with E-state index in [-0.39, 0.29) is 6.61 Å². The quantitative estimate of drug-likeness (QED) is 0.418. The average Bonchev–Trinajstić information content (AvgIpc) is 3.29. The van der Waals surface area contributed by atoms with Gasteiger partial charge in [-0.25, -0.2) is 9.78 Å². The van der Waals surface area contributed by atoms with Crippen molar-refractivity contribution in [3.8, 4) is 11.1 Å². The molecule has 8 heteroatoms. The summed E-state index contributed by atoms with van der Waals surface area (Å²) in [4.78, 5) is 17.4. The van der Waals surface area contributed by atoms with Crippen LogP contribution in [0, 0.1) is 20.8 Å². The Hall–Kier alpha value is -3.16. The van der Waals surface area contributed by atoms with Gasteiger partial charge in [-0.05, 0) is 51.0 Å². The molecule has 3 heterocycles. The highest BCUT2D eigenvalue weighted by Gasteiger charge is 2.29. The molecule has 1 aromatic carbocycles. The molecule has 0 saturated heterocycles. The number of halogens is 1. The standard InChI is InChI=1S/C25H27ClN4O3/c1-6-33-25(32)23(31)21-15(3)28-24-20(22(21)18-7-9-19(26)10-8-18)14(2)16(4)30(24)13-17-11-27-29(5)12-17/h7-12,23,31H,6,13H2,1-5H3/t23-/m0/s1. The Balaban J connectivity index is 2.03. The first kappa shape index (κ1) is 23.0. The number of rotatable bonds is 6. The van der Waals surface area contributed by atoms with Crippen molar-refractivity contribution in [2.24, 2.45) is 7.05 Å². The summed E-state index contributed by atoms with van der Waals surface area (Å²) in [6.45, 7) is 8.40. The normalized spacial score (nSPS) is 12.3. The molecule has 0 aliphatic heterocycles. The molecule has 0 amide bonds. The maximum Gasteiger partial charge on any atom is 0.339 e. The van der Waals surface area contributed by atoms with E-state index in [0.29, 0.717) is 22.8 Å². The number of hydrogen-bond acceptors (Lipinski definition) is 5. The second-order valence-corrected chi connectivity index (χ2v) is 8.60. The molecule has 0 aliphatic rings. The van der Waals surface area contributed by atoms with Crippen LogP contribution in [0.2, 0.25) is 5.02 Å². The van der Waals surface area contributed by atoms with Gasteiger partial charge in [0.2, 0.25) is 0 Å². The third-order valence-electron chi connectivity index (χ3n) is 6.00. The highest BCUT2D eigenvalue weighted by Crippen LogP contribution is 2.40. The monoisotopic (exact) mass is 466 g/mol. The van der Waals surface area contributed by atoms with E-state index < -0.39 is 12.1 Å². The van der Waals surface area contributed by atoms with Gasteiger partial charge in [0.05, 0.1) is 19.3 Å². The van der Waals surface area contributed by atoms with Gasteiger partial charge in [0.1, 0.15) is 5.65 Å². The van der Waals surface area contributed by atoms with Crippen LogP contribution in [-0.2, 0) is 23.1 Å². The number of benzene rings is 1. The minimum absolute atomic E-state index is 0.181. The molecule has 0 spiro atoms. The number of hydrogen-bond donors (Lipinski definition) is 1. The molecular weight excluding hydrogens is 440 g/mol. The Morgan fingerprint density at radius 1 is 1.21 bits per heavy atom. The summed E-state index contributed by atoms with van der Waals surface area (Å²) in [5.74, 6) is -0.693. The van der Waals surface area contributed by atoms with Crippen molar-refractivity contribution >= 4 is 28.6 Å². The lowest BCUT2D eigenvalue weighted by Gasteiger charge is -2.19. The van der Waals surface area contributed by atoms with E-state index in [0.717, 1.165) is 39.0 Å². The fourth-order valence-electron chi connectivity index (χ4n) is 4.31. The summed E-state index contributed by atoms with van der Waals surface area (Å²) >= 11 is 6.15. The zero-order valence-corrected chi connectivity index (χ0v) is 20.1. The Bertz CT molecular complexity index is 1340. The average molecular weight is 467 g/mol. The van der Waals surface area contributed by atoms with E-state index in [4.69, 9.17) is 21.3 Å². The summed E-state index contributed by atoms with van der Waals surface area (Å²) in [6, 6.07) is 7.39. The predicted molar refractivity (Wildman–Crippen MR) is 128 cm³/mol. The molecule has 0 saturated carbocycles. The molecule has 1 atom stereocenters. The fraction of sp³-hybridized carbons (Fsp3) is 0.320. The van der Waals surface area contributed by atoms with E-state index in [1.54, 1.807) is 23.7 Å². The number of fused-ring (bicyclic) bond motifs is 1. The molecule has 0 aliphatic carbocycles. The first-order chi connectivity index (χ1) is 15.7. The Morgan fingerprint density at radius 2 is 1.91 bits per heavy atom. The highest BCUT2D eigenvalue weighted by molar-refractivity contribution is 6.30. The maximum atomic E-state index is 12.5. The van der Waals surface area contributed by atoms with Crippen LogP contribution in [0.5, 0.6) is 0 Å². The second kappa shape index (κ2) is 9.00. The number of pyridine rings is 1. The summed E-state index contributed by atoms with van der Waals surface area (Å²) in [5.41, 5.74) is 6.55. The summed E-state index contributed by atoms with van der Waals surface area (Å²) in [6.07, 6.45) is 2.37. The summed E-state index contributed by atoms with van der Waals surface area (Å²) in [7, 11) is 1.89. The minimum Gasteiger partial charge on any atom is -0.464 e. The molecule has 0 fully saturated rings. The van der Waals surface area contributed by atoms with Gasteiger partial charge in [-0.15, -0.1) is 0 Å². The fourth-order valence-corrected chi connectivity index (χ4v) is 4.44. The van der Waals surface area contributed by atoms with Gasteiger partial charge >= 0.3 is 5.97 Å². The number of esters is 1. The second-order valence-electron chi connectivity index (χ2n) is 8.16. The van der Waals surface area contributed by atoms with E-state index >= 15 is 0 Å². The molecule has 4 rings (SSSR count). The van der Waals surface area contributed by atoms with Crippen LogP contribution in [0.15, 0.2) is 36.7 Å². The van der Waals surface area contributed by atoms with Gasteiger partial charge in [0, 0.05) is 51.7 Å². The Labute approximate surface area is 197 Å². The highest BCUT2D eigenvalue weighted by atomic mass is 35.5. The number of carbonyl (C=O) groups excluding carboxylic acids is 1. The van der Waals surface area contributed by atoms with E-state index in [1.807, 2.05) is 45.4 Å². The van der Waals surface area contributed by atoms with Crippen LogP contribution in [0.25, 0.3) is 22.2 Å². The lowest BCUT2D eigenvalue weighted by atomic mass is 9.91. The third kappa shape index (κ3) is 4.14. The lowest BCUT2D eigenvalue weighted by molar-refractivity contribution is -0.153. The van der Waals surface area contributed by atoms with Gasteiger partial charge < -0.3 is 14.4 Å². The van der Waals surface area contributed by atoms with Crippen LogP contribution in [-0.4, -0.2) is 37.0 Å².